The van der Waals surface area contributed by atoms with Gasteiger partial charge in [0.1, 0.15) is 5.82 Å². The number of nitrogens with one attached hydrogen (secondary N) is 1. The van der Waals surface area contributed by atoms with Crippen LogP contribution in [0.25, 0.3) is 0 Å². The van der Waals surface area contributed by atoms with Crippen LogP contribution in [0.5, 0.6) is 0 Å². The summed E-state index contributed by atoms with van der Waals surface area (Å²) in [5.74, 6) is -0.131. The number of hydrogen-bond donors (Lipinski definition) is 2. The smallest absolute Gasteiger partial charge is 0.126 e. The minimum atomic E-state index is -0.131. The van der Waals surface area contributed by atoms with Gasteiger partial charge in [0.05, 0.1) is 0 Å². The molecule has 0 spiro atoms. The lowest BCUT2D eigenvalue weighted by atomic mass is 10.1. The first kappa shape index (κ1) is 13.1. The standard InChI is InChI=1S/C13H21FN2/c1-10-5-6-12(9-13(10)14)11(2)16-8-4-3-7-15/h5-6,9,11,16H,3-4,7-8,15H2,1-2H3. The highest BCUT2D eigenvalue weighted by molar-refractivity contribution is 5.25. The van der Waals surface area contributed by atoms with Gasteiger partial charge in [0.25, 0.3) is 0 Å². The van der Waals surface area contributed by atoms with E-state index < -0.39 is 0 Å². The van der Waals surface area contributed by atoms with Gasteiger partial charge < -0.3 is 11.1 Å². The van der Waals surface area contributed by atoms with Crippen molar-refractivity contribution in [2.45, 2.75) is 32.7 Å². The average molecular weight is 224 g/mol. The lowest BCUT2D eigenvalue weighted by Crippen LogP contribution is -2.20. The quantitative estimate of drug-likeness (QED) is 0.729. The number of aryl methyl sites for hydroxylation is 1. The maximum atomic E-state index is 13.3. The summed E-state index contributed by atoms with van der Waals surface area (Å²) in [6.07, 6.45) is 2.09. The van der Waals surface area contributed by atoms with Crippen molar-refractivity contribution in [3.63, 3.8) is 0 Å². The van der Waals surface area contributed by atoms with Crippen LogP contribution in [-0.4, -0.2) is 13.1 Å². The van der Waals surface area contributed by atoms with Crippen LogP contribution in [-0.2, 0) is 0 Å². The maximum absolute atomic E-state index is 13.3. The van der Waals surface area contributed by atoms with E-state index in [1.807, 2.05) is 19.1 Å². The van der Waals surface area contributed by atoms with Gasteiger partial charge in [-0.15, -0.1) is 0 Å². The molecule has 1 aromatic carbocycles. The van der Waals surface area contributed by atoms with Crippen molar-refractivity contribution >= 4 is 0 Å². The van der Waals surface area contributed by atoms with Gasteiger partial charge in [-0.2, -0.15) is 0 Å². The molecule has 0 aliphatic heterocycles. The van der Waals surface area contributed by atoms with Crippen molar-refractivity contribution in [3.8, 4) is 0 Å². The van der Waals surface area contributed by atoms with Crippen LogP contribution >= 0.6 is 0 Å². The molecule has 1 rings (SSSR count). The highest BCUT2D eigenvalue weighted by atomic mass is 19.1. The number of hydrogen-bond acceptors (Lipinski definition) is 2. The molecule has 0 aliphatic rings. The van der Waals surface area contributed by atoms with Crippen LogP contribution in [0.1, 0.15) is 36.9 Å². The molecule has 90 valence electrons. The lowest BCUT2D eigenvalue weighted by molar-refractivity contribution is 0.542. The summed E-state index contributed by atoms with van der Waals surface area (Å²) >= 11 is 0. The first-order valence-electron chi connectivity index (χ1n) is 5.84. The molecule has 0 amide bonds. The van der Waals surface area contributed by atoms with Crippen molar-refractivity contribution in [3.05, 3.63) is 35.1 Å². The van der Waals surface area contributed by atoms with Gasteiger partial charge >= 0.3 is 0 Å². The van der Waals surface area contributed by atoms with E-state index in [1.165, 1.54) is 0 Å². The molecule has 1 unspecified atom stereocenters. The van der Waals surface area contributed by atoms with E-state index in [2.05, 4.69) is 5.32 Å². The van der Waals surface area contributed by atoms with E-state index in [4.69, 9.17) is 5.73 Å². The monoisotopic (exact) mass is 224 g/mol. The van der Waals surface area contributed by atoms with Crippen molar-refractivity contribution < 1.29 is 4.39 Å². The van der Waals surface area contributed by atoms with Crippen LogP contribution in [0.2, 0.25) is 0 Å². The Hall–Kier alpha value is -0.930. The Morgan fingerprint density at radius 2 is 2.12 bits per heavy atom. The molecule has 3 heteroatoms. The van der Waals surface area contributed by atoms with Crippen LogP contribution in [0.4, 0.5) is 4.39 Å². The fourth-order valence-corrected chi connectivity index (χ4v) is 1.58. The normalized spacial score (nSPS) is 12.8. The van der Waals surface area contributed by atoms with E-state index in [0.717, 1.165) is 31.5 Å². The topological polar surface area (TPSA) is 38.0 Å². The largest absolute Gasteiger partial charge is 0.330 e. The third-order valence-corrected chi connectivity index (χ3v) is 2.78. The van der Waals surface area contributed by atoms with E-state index >= 15 is 0 Å². The number of benzene rings is 1. The Bertz CT molecular complexity index is 326. The fraction of sp³-hybridized carbons (Fsp3) is 0.538. The Labute approximate surface area is 97.0 Å². The summed E-state index contributed by atoms with van der Waals surface area (Å²) in [4.78, 5) is 0. The Morgan fingerprint density at radius 3 is 2.75 bits per heavy atom. The summed E-state index contributed by atoms with van der Waals surface area (Å²) < 4.78 is 13.3. The van der Waals surface area contributed by atoms with Crippen LogP contribution < -0.4 is 11.1 Å². The molecule has 0 saturated carbocycles. The predicted octanol–water partition coefficient (Wildman–Crippen LogP) is 2.52. The van der Waals surface area contributed by atoms with Gasteiger partial charge in [0.15, 0.2) is 0 Å². The molecule has 2 nitrogen and oxygen atoms in total. The second-order valence-corrected chi connectivity index (χ2v) is 4.18. The minimum Gasteiger partial charge on any atom is -0.330 e. The van der Waals surface area contributed by atoms with Gasteiger partial charge in [0.2, 0.25) is 0 Å². The second kappa shape index (κ2) is 6.61. The van der Waals surface area contributed by atoms with Crippen molar-refractivity contribution in [1.29, 1.82) is 0 Å². The molecular formula is C13H21FN2. The Morgan fingerprint density at radius 1 is 1.38 bits per heavy atom. The highest BCUT2D eigenvalue weighted by Gasteiger charge is 2.06. The molecule has 0 aromatic heterocycles. The molecule has 0 aliphatic carbocycles. The Balaban J connectivity index is 2.46. The van der Waals surface area contributed by atoms with Gasteiger partial charge in [-0.1, -0.05) is 12.1 Å². The summed E-state index contributed by atoms with van der Waals surface area (Å²) in [6.45, 7) is 5.48. The van der Waals surface area contributed by atoms with Crippen LogP contribution in [0.3, 0.4) is 0 Å². The van der Waals surface area contributed by atoms with Gasteiger partial charge in [-0.3, -0.25) is 0 Å². The van der Waals surface area contributed by atoms with Crippen LogP contribution in [0, 0.1) is 12.7 Å². The maximum Gasteiger partial charge on any atom is 0.126 e. The SMILES string of the molecule is Cc1ccc(C(C)NCCCCN)cc1F. The van der Waals surface area contributed by atoms with E-state index in [1.54, 1.807) is 13.0 Å². The molecule has 0 fully saturated rings. The average Bonchev–Trinajstić information content (AvgIpc) is 2.28. The molecule has 0 radical (unpaired) electrons. The lowest BCUT2D eigenvalue weighted by Gasteiger charge is -2.14. The zero-order valence-corrected chi connectivity index (χ0v) is 10.1. The molecule has 16 heavy (non-hydrogen) atoms. The molecule has 0 bridgehead atoms. The van der Waals surface area contributed by atoms with E-state index in [0.29, 0.717) is 5.56 Å². The molecule has 1 aromatic rings. The molecule has 3 N–H and O–H groups in total. The first-order chi connectivity index (χ1) is 7.65. The van der Waals surface area contributed by atoms with Gasteiger partial charge in [-0.05, 0) is 57.0 Å². The van der Waals surface area contributed by atoms with E-state index in [-0.39, 0.29) is 11.9 Å². The zero-order chi connectivity index (χ0) is 12.0. The van der Waals surface area contributed by atoms with Gasteiger partial charge in [0, 0.05) is 6.04 Å². The number of unbranched alkanes of at least 4 members (excludes halogenated alkanes) is 1. The van der Waals surface area contributed by atoms with E-state index in [9.17, 15) is 4.39 Å². The number of rotatable bonds is 6. The Kier molecular flexibility index (Phi) is 5.43. The van der Waals surface area contributed by atoms with Crippen LogP contribution in [0.15, 0.2) is 18.2 Å². The molecule has 1 atom stereocenters. The first-order valence-corrected chi connectivity index (χ1v) is 5.84. The van der Waals surface area contributed by atoms with Crippen molar-refractivity contribution in [2.24, 2.45) is 5.73 Å². The summed E-state index contributed by atoms with van der Waals surface area (Å²) in [7, 11) is 0. The predicted molar refractivity (Wildman–Crippen MR) is 65.8 cm³/mol. The number of halogens is 1. The summed E-state index contributed by atoms with van der Waals surface area (Å²) in [5.41, 5.74) is 7.11. The zero-order valence-electron chi connectivity index (χ0n) is 10.1. The van der Waals surface area contributed by atoms with Crippen molar-refractivity contribution in [1.82, 2.24) is 5.32 Å². The van der Waals surface area contributed by atoms with Gasteiger partial charge in [-0.25, -0.2) is 4.39 Å². The summed E-state index contributed by atoms with van der Waals surface area (Å²) in [6, 6.07) is 5.59. The number of nitrogens with two attached hydrogens (primary N) is 1. The highest BCUT2D eigenvalue weighted by Crippen LogP contribution is 2.16. The third kappa shape index (κ3) is 3.91. The second-order valence-electron chi connectivity index (χ2n) is 4.18. The fourth-order valence-electron chi connectivity index (χ4n) is 1.58. The molecule has 0 saturated heterocycles. The molecule has 0 heterocycles. The summed E-state index contributed by atoms with van der Waals surface area (Å²) in [5, 5.41) is 3.36. The third-order valence-electron chi connectivity index (χ3n) is 2.78. The van der Waals surface area contributed by atoms with Crippen molar-refractivity contribution in [2.75, 3.05) is 13.1 Å². The molecular weight excluding hydrogens is 203 g/mol. The minimum absolute atomic E-state index is 0.131.